The highest BCUT2D eigenvalue weighted by molar-refractivity contribution is 6.10. The first kappa shape index (κ1) is 25.6. The molecule has 1 atom stereocenters. The molecular formula is C27H29FN6O4. The number of nitrogens with zero attached hydrogens (tertiary/aromatic N) is 4. The van der Waals surface area contributed by atoms with Crippen LogP contribution < -0.4 is 15.4 Å². The Morgan fingerprint density at radius 2 is 1.87 bits per heavy atom. The number of amides is 4. The normalized spacial score (nSPS) is 21.6. The maximum atomic E-state index is 14.8. The number of hydrogen-bond donors (Lipinski definition) is 2. The van der Waals surface area contributed by atoms with Crippen LogP contribution in [0.3, 0.4) is 0 Å². The lowest BCUT2D eigenvalue weighted by molar-refractivity contribution is -0.122. The summed E-state index contributed by atoms with van der Waals surface area (Å²) in [5, 5.41) is 4.75. The van der Waals surface area contributed by atoms with E-state index in [-0.39, 0.29) is 24.4 Å². The number of aromatic nitrogens is 1. The van der Waals surface area contributed by atoms with Gasteiger partial charge in [0, 0.05) is 51.0 Å². The SMILES string of the molecule is CCN1CCN(Cc2ccc(C#C[C@]3(CN4Cc5ccc(OC)c(F)c5C4=O)NC(=O)NC3=O)cn2)CC1. The van der Waals surface area contributed by atoms with Crippen LogP contribution in [0, 0.1) is 17.7 Å². The van der Waals surface area contributed by atoms with Gasteiger partial charge in [-0.1, -0.05) is 24.8 Å². The second-order valence-electron chi connectivity index (χ2n) is 9.59. The van der Waals surface area contributed by atoms with Crippen molar-refractivity contribution in [3.8, 4) is 17.6 Å². The first-order valence-electron chi connectivity index (χ1n) is 12.5. The van der Waals surface area contributed by atoms with Gasteiger partial charge in [0.25, 0.3) is 11.8 Å². The van der Waals surface area contributed by atoms with Crippen LogP contribution in [0.2, 0.25) is 0 Å². The van der Waals surface area contributed by atoms with Crippen molar-refractivity contribution in [2.24, 2.45) is 0 Å². The van der Waals surface area contributed by atoms with Crippen LogP contribution in [-0.4, -0.2) is 89.4 Å². The van der Waals surface area contributed by atoms with Crippen molar-refractivity contribution in [2.75, 3.05) is 46.4 Å². The molecule has 4 heterocycles. The van der Waals surface area contributed by atoms with Gasteiger partial charge in [0.1, 0.15) is 0 Å². The van der Waals surface area contributed by atoms with Crippen molar-refractivity contribution in [2.45, 2.75) is 25.6 Å². The zero-order valence-corrected chi connectivity index (χ0v) is 21.3. The monoisotopic (exact) mass is 520 g/mol. The van der Waals surface area contributed by atoms with Crippen molar-refractivity contribution in [1.29, 1.82) is 0 Å². The fraction of sp³-hybridized carbons (Fsp3) is 0.407. The molecule has 0 radical (unpaired) electrons. The highest BCUT2D eigenvalue weighted by atomic mass is 19.1. The Hall–Kier alpha value is -4.01. The van der Waals surface area contributed by atoms with E-state index in [1.165, 1.54) is 18.1 Å². The Morgan fingerprint density at radius 3 is 2.50 bits per heavy atom. The second-order valence-corrected chi connectivity index (χ2v) is 9.59. The first-order valence-corrected chi connectivity index (χ1v) is 12.5. The summed E-state index contributed by atoms with van der Waals surface area (Å²) < 4.78 is 19.8. The van der Waals surface area contributed by atoms with E-state index < -0.39 is 29.2 Å². The number of benzene rings is 1. The predicted octanol–water partition coefficient (Wildman–Crippen LogP) is 0.953. The van der Waals surface area contributed by atoms with Crippen molar-refractivity contribution in [3.63, 3.8) is 0 Å². The predicted molar refractivity (Wildman–Crippen MR) is 136 cm³/mol. The molecule has 0 unspecified atom stereocenters. The molecule has 11 heteroatoms. The average molecular weight is 521 g/mol. The number of ether oxygens (including phenoxy) is 1. The second kappa shape index (κ2) is 10.4. The number of halogens is 1. The largest absolute Gasteiger partial charge is 0.494 e. The number of rotatable bonds is 6. The van der Waals surface area contributed by atoms with Crippen LogP contribution in [0.5, 0.6) is 5.75 Å². The molecule has 0 spiro atoms. The third-order valence-electron chi connectivity index (χ3n) is 7.19. The molecular weight excluding hydrogens is 491 g/mol. The van der Waals surface area contributed by atoms with Gasteiger partial charge in [-0.25, -0.2) is 9.18 Å². The van der Waals surface area contributed by atoms with Crippen LogP contribution in [0.1, 0.15) is 34.1 Å². The van der Waals surface area contributed by atoms with Gasteiger partial charge < -0.3 is 19.9 Å². The van der Waals surface area contributed by atoms with Crippen LogP contribution in [-0.2, 0) is 17.9 Å². The Morgan fingerprint density at radius 1 is 1.11 bits per heavy atom. The van der Waals surface area contributed by atoms with Gasteiger partial charge in [-0.05, 0) is 30.3 Å². The first-order chi connectivity index (χ1) is 18.3. The number of nitrogens with one attached hydrogen (secondary N) is 2. The molecule has 0 saturated carbocycles. The summed E-state index contributed by atoms with van der Waals surface area (Å²) in [5.41, 5.74) is 0.155. The molecule has 38 heavy (non-hydrogen) atoms. The zero-order valence-electron chi connectivity index (χ0n) is 21.3. The highest BCUT2D eigenvalue weighted by Crippen LogP contribution is 2.32. The number of urea groups is 1. The Balaban J connectivity index is 1.32. The van der Waals surface area contributed by atoms with Crippen LogP contribution in [0.15, 0.2) is 30.5 Å². The molecule has 2 aromatic rings. The lowest BCUT2D eigenvalue weighted by Gasteiger charge is -2.33. The summed E-state index contributed by atoms with van der Waals surface area (Å²) in [5.74, 6) is 3.71. The van der Waals surface area contributed by atoms with Gasteiger partial charge in [0.15, 0.2) is 11.6 Å². The van der Waals surface area contributed by atoms with Crippen molar-refractivity contribution in [3.05, 3.63) is 58.7 Å². The number of likely N-dealkylation sites (N-methyl/N-ethyl adjacent to an activating group) is 1. The number of carbonyl (C=O) groups excluding carboxylic acids is 3. The van der Waals surface area contributed by atoms with E-state index in [9.17, 15) is 18.8 Å². The smallest absolute Gasteiger partial charge is 0.323 e. The minimum Gasteiger partial charge on any atom is -0.494 e. The highest BCUT2D eigenvalue weighted by Gasteiger charge is 2.48. The van der Waals surface area contributed by atoms with Gasteiger partial charge in [0.05, 0.1) is 24.9 Å². The molecule has 2 fully saturated rings. The summed E-state index contributed by atoms with van der Waals surface area (Å²) >= 11 is 0. The van der Waals surface area contributed by atoms with Crippen LogP contribution >= 0.6 is 0 Å². The topological polar surface area (TPSA) is 107 Å². The number of pyridine rings is 1. The number of hydrogen-bond acceptors (Lipinski definition) is 7. The molecule has 0 aliphatic carbocycles. The lowest BCUT2D eigenvalue weighted by atomic mass is 9.99. The average Bonchev–Trinajstić information content (AvgIpc) is 3.39. The van der Waals surface area contributed by atoms with Crippen LogP contribution in [0.4, 0.5) is 9.18 Å². The maximum Gasteiger partial charge on any atom is 0.323 e. The molecule has 2 N–H and O–H groups in total. The Labute approximate surface area is 220 Å². The van der Waals surface area contributed by atoms with E-state index in [0.29, 0.717) is 11.1 Å². The number of methoxy groups -OCH3 is 1. The quantitative estimate of drug-likeness (QED) is 0.432. The van der Waals surface area contributed by atoms with Gasteiger partial charge >= 0.3 is 6.03 Å². The Bertz CT molecular complexity index is 1330. The van der Waals surface area contributed by atoms with E-state index in [1.54, 1.807) is 12.3 Å². The third-order valence-corrected chi connectivity index (χ3v) is 7.19. The number of piperazine rings is 1. The van der Waals surface area contributed by atoms with E-state index in [4.69, 9.17) is 4.74 Å². The molecule has 3 aliphatic heterocycles. The number of imide groups is 1. The van der Waals surface area contributed by atoms with Crippen molar-refractivity contribution in [1.82, 2.24) is 30.3 Å². The molecule has 10 nitrogen and oxygen atoms in total. The zero-order chi connectivity index (χ0) is 26.9. The van der Waals surface area contributed by atoms with Gasteiger partial charge in [0.2, 0.25) is 5.54 Å². The molecule has 5 rings (SSSR count). The van der Waals surface area contributed by atoms with Crippen molar-refractivity contribution < 1.29 is 23.5 Å². The summed E-state index contributed by atoms with van der Waals surface area (Å²) in [4.78, 5) is 48.5. The standard InChI is InChI=1S/C27H29FN6O4/c1-3-32-10-12-33(13-11-32)16-20-6-4-18(14-29-20)8-9-27(25(36)30-26(37)31-27)17-34-15-19-5-7-21(38-2)23(28)22(19)24(34)35/h4-7,14H,3,10-13,15-17H2,1-2H3,(H2,30,31,36,37)/t27-/m1/s1. The van der Waals surface area contributed by atoms with Gasteiger partial charge in [-0.15, -0.1) is 0 Å². The van der Waals surface area contributed by atoms with Crippen LogP contribution in [0.25, 0.3) is 0 Å². The summed E-state index contributed by atoms with van der Waals surface area (Å²) in [6.45, 7) is 7.86. The molecule has 2 saturated heterocycles. The Kier molecular flexibility index (Phi) is 7.01. The molecule has 4 amide bonds. The molecule has 198 valence electrons. The fourth-order valence-corrected chi connectivity index (χ4v) is 4.96. The van der Waals surface area contributed by atoms with Gasteiger partial charge in [-0.2, -0.15) is 0 Å². The number of fused-ring (bicyclic) bond motifs is 1. The van der Waals surface area contributed by atoms with Crippen molar-refractivity contribution >= 4 is 17.8 Å². The van der Waals surface area contributed by atoms with E-state index in [1.807, 2.05) is 12.1 Å². The molecule has 1 aromatic heterocycles. The van der Waals surface area contributed by atoms with E-state index in [0.717, 1.165) is 45.0 Å². The molecule has 1 aromatic carbocycles. The number of carbonyl (C=O) groups is 3. The minimum atomic E-state index is -1.69. The third kappa shape index (κ3) is 4.92. The molecule has 3 aliphatic rings. The van der Waals surface area contributed by atoms with E-state index >= 15 is 0 Å². The lowest BCUT2D eigenvalue weighted by Crippen LogP contribution is -2.54. The minimum absolute atomic E-state index is 0.0421. The summed E-state index contributed by atoms with van der Waals surface area (Å²) in [6.07, 6.45) is 1.63. The molecule has 0 bridgehead atoms. The van der Waals surface area contributed by atoms with Gasteiger partial charge in [-0.3, -0.25) is 24.8 Å². The summed E-state index contributed by atoms with van der Waals surface area (Å²) in [7, 11) is 1.32. The van der Waals surface area contributed by atoms with E-state index in [2.05, 4.69) is 44.2 Å². The fourth-order valence-electron chi connectivity index (χ4n) is 4.96. The maximum absolute atomic E-state index is 14.8. The summed E-state index contributed by atoms with van der Waals surface area (Å²) in [6, 6.07) is 6.06.